The zero-order valence-corrected chi connectivity index (χ0v) is 12.1. The van der Waals surface area contributed by atoms with Crippen molar-refractivity contribution in [2.75, 3.05) is 26.7 Å². The first kappa shape index (κ1) is 13.1. The molecule has 1 aromatic carbocycles. The normalized spacial score (nSPS) is 23.3. The Morgan fingerprint density at radius 3 is 2.42 bits per heavy atom. The van der Waals surface area contributed by atoms with Gasteiger partial charge in [-0.25, -0.2) is 0 Å². The van der Waals surface area contributed by atoms with Crippen molar-refractivity contribution < 1.29 is 0 Å². The summed E-state index contributed by atoms with van der Waals surface area (Å²) in [4.78, 5) is 2.63. The van der Waals surface area contributed by atoms with Crippen molar-refractivity contribution in [1.29, 1.82) is 0 Å². The summed E-state index contributed by atoms with van der Waals surface area (Å²) in [6.45, 7) is 3.55. The Morgan fingerprint density at radius 1 is 1.16 bits per heavy atom. The fourth-order valence-electron chi connectivity index (χ4n) is 3.67. The summed E-state index contributed by atoms with van der Waals surface area (Å²) in [5, 5.41) is 3.52. The van der Waals surface area contributed by atoms with Crippen molar-refractivity contribution in [3.63, 3.8) is 0 Å². The van der Waals surface area contributed by atoms with Gasteiger partial charge in [-0.3, -0.25) is 0 Å². The highest BCUT2D eigenvalue weighted by molar-refractivity contribution is 5.27. The summed E-state index contributed by atoms with van der Waals surface area (Å²) in [5.41, 5.74) is 1.92. The summed E-state index contributed by atoms with van der Waals surface area (Å²) in [6, 6.07) is 12.0. The van der Waals surface area contributed by atoms with Crippen LogP contribution in [0.5, 0.6) is 0 Å². The maximum absolute atomic E-state index is 3.52. The van der Waals surface area contributed by atoms with Crippen LogP contribution in [0.4, 0.5) is 0 Å². The molecule has 0 aromatic heterocycles. The number of hydrogen-bond acceptors (Lipinski definition) is 2. The molecule has 0 spiro atoms. The molecule has 0 amide bonds. The molecule has 0 radical (unpaired) electrons. The Hall–Kier alpha value is -0.860. The van der Waals surface area contributed by atoms with E-state index in [-0.39, 0.29) is 0 Å². The molecule has 2 aliphatic rings. The van der Waals surface area contributed by atoms with Crippen LogP contribution in [-0.2, 0) is 5.41 Å². The van der Waals surface area contributed by atoms with Crippen molar-refractivity contribution in [3.05, 3.63) is 35.9 Å². The van der Waals surface area contributed by atoms with E-state index in [2.05, 4.69) is 47.6 Å². The van der Waals surface area contributed by atoms with E-state index in [1.165, 1.54) is 38.6 Å². The Balaban J connectivity index is 1.79. The highest BCUT2D eigenvalue weighted by Gasteiger charge is 2.36. The molecule has 3 rings (SSSR count). The SMILES string of the molecule is CN(CC1(c2ccccc2)CCNCC1)C1CCC1. The van der Waals surface area contributed by atoms with Crippen molar-refractivity contribution in [2.24, 2.45) is 0 Å². The second kappa shape index (κ2) is 5.64. The molecular weight excluding hydrogens is 232 g/mol. The van der Waals surface area contributed by atoms with E-state index in [4.69, 9.17) is 0 Å². The summed E-state index contributed by atoms with van der Waals surface area (Å²) in [5.74, 6) is 0. The summed E-state index contributed by atoms with van der Waals surface area (Å²) in [6.07, 6.45) is 6.77. The molecule has 1 saturated carbocycles. The Morgan fingerprint density at radius 2 is 1.84 bits per heavy atom. The molecule has 2 fully saturated rings. The maximum atomic E-state index is 3.52. The number of hydrogen-bond donors (Lipinski definition) is 1. The van der Waals surface area contributed by atoms with Gasteiger partial charge in [-0.15, -0.1) is 0 Å². The molecule has 1 aliphatic heterocycles. The molecule has 1 saturated heterocycles. The van der Waals surface area contributed by atoms with E-state index in [0.29, 0.717) is 5.41 Å². The van der Waals surface area contributed by atoms with Gasteiger partial charge in [-0.05, 0) is 51.4 Å². The topological polar surface area (TPSA) is 15.3 Å². The first-order valence-corrected chi connectivity index (χ1v) is 7.77. The zero-order chi connectivity index (χ0) is 13.1. The molecule has 1 aromatic rings. The van der Waals surface area contributed by atoms with Crippen LogP contribution >= 0.6 is 0 Å². The molecule has 1 N–H and O–H groups in total. The minimum Gasteiger partial charge on any atom is -0.317 e. The predicted octanol–water partition coefficient (Wildman–Crippen LogP) is 2.79. The first-order valence-electron chi connectivity index (χ1n) is 7.77. The number of nitrogens with one attached hydrogen (secondary N) is 1. The second-order valence-corrected chi connectivity index (χ2v) is 6.40. The molecule has 19 heavy (non-hydrogen) atoms. The van der Waals surface area contributed by atoms with Crippen LogP contribution in [0, 0.1) is 0 Å². The number of rotatable bonds is 4. The number of piperidine rings is 1. The molecule has 104 valence electrons. The molecule has 1 heterocycles. The minimum atomic E-state index is 0.372. The average Bonchev–Trinajstić information content (AvgIpc) is 2.38. The first-order chi connectivity index (χ1) is 9.30. The van der Waals surface area contributed by atoms with Gasteiger partial charge in [0.1, 0.15) is 0 Å². The van der Waals surface area contributed by atoms with E-state index >= 15 is 0 Å². The van der Waals surface area contributed by atoms with Crippen molar-refractivity contribution in [1.82, 2.24) is 10.2 Å². The fraction of sp³-hybridized carbons (Fsp3) is 0.647. The van der Waals surface area contributed by atoms with Crippen molar-refractivity contribution >= 4 is 0 Å². The lowest BCUT2D eigenvalue weighted by molar-refractivity contribution is 0.111. The van der Waals surface area contributed by atoms with Crippen molar-refractivity contribution in [2.45, 2.75) is 43.6 Å². The standard InChI is InChI=1S/C17H26N2/c1-19(16-8-5-9-16)14-17(10-12-18-13-11-17)15-6-3-2-4-7-15/h2-4,6-7,16,18H,5,8-14H2,1H3. The second-order valence-electron chi connectivity index (χ2n) is 6.40. The maximum Gasteiger partial charge on any atom is 0.0104 e. The third-order valence-corrected chi connectivity index (χ3v) is 5.20. The fourth-order valence-corrected chi connectivity index (χ4v) is 3.67. The lowest BCUT2D eigenvalue weighted by atomic mass is 9.72. The molecule has 0 unspecified atom stereocenters. The Kier molecular flexibility index (Phi) is 3.90. The quantitative estimate of drug-likeness (QED) is 0.893. The van der Waals surface area contributed by atoms with Crippen LogP contribution in [-0.4, -0.2) is 37.6 Å². The predicted molar refractivity (Wildman–Crippen MR) is 80.5 cm³/mol. The third-order valence-electron chi connectivity index (χ3n) is 5.20. The smallest absolute Gasteiger partial charge is 0.0104 e. The van der Waals surface area contributed by atoms with Gasteiger partial charge in [0.05, 0.1) is 0 Å². The number of nitrogens with zero attached hydrogens (tertiary/aromatic N) is 1. The van der Waals surface area contributed by atoms with Gasteiger partial charge in [0.2, 0.25) is 0 Å². The van der Waals surface area contributed by atoms with Gasteiger partial charge in [0.15, 0.2) is 0 Å². The van der Waals surface area contributed by atoms with Crippen LogP contribution in [0.2, 0.25) is 0 Å². The average molecular weight is 258 g/mol. The van der Waals surface area contributed by atoms with E-state index in [1.54, 1.807) is 5.56 Å². The van der Waals surface area contributed by atoms with Crippen molar-refractivity contribution in [3.8, 4) is 0 Å². The lowest BCUT2D eigenvalue weighted by Crippen LogP contribution is -2.50. The van der Waals surface area contributed by atoms with Crippen LogP contribution in [0.1, 0.15) is 37.7 Å². The van der Waals surface area contributed by atoms with Gasteiger partial charge in [-0.1, -0.05) is 36.8 Å². The largest absolute Gasteiger partial charge is 0.317 e. The van der Waals surface area contributed by atoms with Gasteiger partial charge in [0, 0.05) is 18.0 Å². The monoisotopic (exact) mass is 258 g/mol. The number of benzene rings is 1. The highest BCUT2D eigenvalue weighted by Crippen LogP contribution is 2.36. The van der Waals surface area contributed by atoms with Crippen LogP contribution in [0.25, 0.3) is 0 Å². The molecule has 2 heteroatoms. The minimum absolute atomic E-state index is 0.372. The molecule has 2 nitrogen and oxygen atoms in total. The van der Waals surface area contributed by atoms with Gasteiger partial charge in [0.25, 0.3) is 0 Å². The third kappa shape index (κ3) is 2.70. The summed E-state index contributed by atoms with van der Waals surface area (Å²) >= 11 is 0. The lowest BCUT2D eigenvalue weighted by Gasteiger charge is -2.45. The van der Waals surface area contributed by atoms with Gasteiger partial charge in [-0.2, -0.15) is 0 Å². The van der Waals surface area contributed by atoms with Crippen LogP contribution < -0.4 is 5.32 Å². The molecule has 1 aliphatic carbocycles. The highest BCUT2D eigenvalue weighted by atomic mass is 15.1. The Labute approximate surface area is 117 Å². The number of likely N-dealkylation sites (N-methyl/N-ethyl adjacent to an activating group) is 1. The molecular formula is C17H26N2. The van der Waals surface area contributed by atoms with Gasteiger partial charge < -0.3 is 10.2 Å². The molecule has 0 bridgehead atoms. The van der Waals surface area contributed by atoms with E-state index < -0.39 is 0 Å². The molecule has 0 atom stereocenters. The van der Waals surface area contributed by atoms with Crippen LogP contribution in [0.3, 0.4) is 0 Å². The summed E-state index contributed by atoms with van der Waals surface area (Å²) < 4.78 is 0. The van der Waals surface area contributed by atoms with Crippen LogP contribution in [0.15, 0.2) is 30.3 Å². The summed E-state index contributed by atoms with van der Waals surface area (Å²) in [7, 11) is 2.33. The zero-order valence-electron chi connectivity index (χ0n) is 12.1. The van der Waals surface area contributed by atoms with E-state index in [0.717, 1.165) is 19.1 Å². The van der Waals surface area contributed by atoms with E-state index in [1.807, 2.05) is 0 Å². The van der Waals surface area contributed by atoms with Gasteiger partial charge >= 0.3 is 0 Å². The Bertz CT molecular complexity index is 391. The van der Waals surface area contributed by atoms with E-state index in [9.17, 15) is 0 Å².